The van der Waals surface area contributed by atoms with Crippen molar-refractivity contribution in [2.75, 3.05) is 0 Å². The van der Waals surface area contributed by atoms with Crippen LogP contribution in [0.4, 0.5) is 0 Å². The van der Waals surface area contributed by atoms with E-state index in [0.717, 1.165) is 0 Å². The van der Waals surface area contributed by atoms with Crippen LogP contribution in [0.3, 0.4) is 0 Å². The Morgan fingerprint density at radius 1 is 1.47 bits per heavy atom. The molecular formula is C8H9ClN2O4. The molecule has 6 nitrogen and oxygen atoms in total. The van der Waals surface area contributed by atoms with Gasteiger partial charge in [-0.15, -0.1) is 0 Å². The molecule has 82 valence electrons. The Balaban J connectivity index is 2.96. The first-order valence-corrected chi connectivity index (χ1v) is 4.32. The van der Waals surface area contributed by atoms with Gasteiger partial charge in [-0.3, -0.25) is 4.79 Å². The molecule has 0 saturated carbocycles. The average Bonchev–Trinajstić information content (AvgIpc) is 2.19. The van der Waals surface area contributed by atoms with E-state index < -0.39 is 18.1 Å². The molecule has 0 fully saturated rings. The van der Waals surface area contributed by atoms with Crippen LogP contribution in [0.1, 0.15) is 11.8 Å². The lowest BCUT2D eigenvalue weighted by Gasteiger charge is -2.14. The minimum absolute atomic E-state index is 0.0518. The first-order valence-electron chi connectivity index (χ1n) is 3.94. The molecule has 1 heterocycles. The van der Waals surface area contributed by atoms with Gasteiger partial charge < -0.3 is 21.1 Å². The summed E-state index contributed by atoms with van der Waals surface area (Å²) in [5.41, 5.74) is 4.73. The highest BCUT2D eigenvalue weighted by atomic mass is 35.5. The van der Waals surface area contributed by atoms with Gasteiger partial charge in [-0.05, 0) is 12.1 Å². The predicted octanol–water partition coefficient (Wildman–Crippen LogP) is -0.680. The van der Waals surface area contributed by atoms with E-state index in [0.29, 0.717) is 0 Å². The van der Waals surface area contributed by atoms with Crippen molar-refractivity contribution in [1.29, 1.82) is 0 Å². The number of aromatic nitrogens is 1. The summed E-state index contributed by atoms with van der Waals surface area (Å²) in [5, 5.41) is 27.4. The highest BCUT2D eigenvalue weighted by molar-refractivity contribution is 6.30. The minimum Gasteiger partial charge on any atom is -0.505 e. The van der Waals surface area contributed by atoms with Crippen LogP contribution < -0.4 is 5.73 Å². The van der Waals surface area contributed by atoms with Crippen molar-refractivity contribution in [3.63, 3.8) is 0 Å². The number of aliphatic hydroxyl groups is 2. The Morgan fingerprint density at radius 2 is 2.07 bits per heavy atom. The molecule has 0 aliphatic heterocycles. The number of rotatable bonds is 3. The van der Waals surface area contributed by atoms with E-state index in [2.05, 4.69) is 4.98 Å². The normalized spacial score (nSPS) is 14.6. The van der Waals surface area contributed by atoms with Gasteiger partial charge in [0.25, 0.3) is 0 Å². The Hall–Kier alpha value is -1.37. The molecule has 0 radical (unpaired) electrons. The van der Waals surface area contributed by atoms with Gasteiger partial charge in [-0.2, -0.15) is 0 Å². The van der Waals surface area contributed by atoms with Crippen molar-refractivity contribution in [3.05, 3.63) is 23.0 Å². The Morgan fingerprint density at radius 3 is 2.53 bits per heavy atom. The Labute approximate surface area is 89.9 Å². The number of carbonyl (C=O) groups excluding carboxylic acids is 1. The fourth-order valence-corrected chi connectivity index (χ4v) is 1.08. The lowest BCUT2D eigenvalue weighted by atomic mass is 10.1. The molecule has 1 rings (SSSR count). The smallest absolute Gasteiger partial charge is 0.249 e. The molecule has 0 saturated heterocycles. The Kier molecular flexibility index (Phi) is 3.46. The van der Waals surface area contributed by atoms with Gasteiger partial charge in [0, 0.05) is 0 Å². The third-order valence-electron chi connectivity index (χ3n) is 1.74. The molecule has 2 unspecified atom stereocenters. The first kappa shape index (κ1) is 11.7. The van der Waals surface area contributed by atoms with Crippen molar-refractivity contribution >= 4 is 17.5 Å². The van der Waals surface area contributed by atoms with Crippen molar-refractivity contribution < 1.29 is 20.1 Å². The topological polar surface area (TPSA) is 117 Å². The number of hydrogen-bond acceptors (Lipinski definition) is 5. The molecular weight excluding hydrogens is 224 g/mol. The van der Waals surface area contributed by atoms with E-state index in [4.69, 9.17) is 27.5 Å². The van der Waals surface area contributed by atoms with Gasteiger partial charge in [-0.1, -0.05) is 11.6 Å². The minimum atomic E-state index is -1.77. The van der Waals surface area contributed by atoms with Gasteiger partial charge in [0.2, 0.25) is 5.91 Å². The third-order valence-corrected chi connectivity index (χ3v) is 2.02. The molecule has 7 heteroatoms. The average molecular weight is 233 g/mol. The molecule has 1 amide bonds. The summed E-state index contributed by atoms with van der Waals surface area (Å²) < 4.78 is 0. The number of halogens is 1. The maximum atomic E-state index is 10.6. The summed E-state index contributed by atoms with van der Waals surface area (Å²) in [4.78, 5) is 14.1. The number of pyridine rings is 1. The van der Waals surface area contributed by atoms with E-state index >= 15 is 0 Å². The zero-order valence-electron chi connectivity index (χ0n) is 7.46. The number of aromatic hydroxyl groups is 1. The van der Waals surface area contributed by atoms with Gasteiger partial charge in [0.05, 0.1) is 5.69 Å². The van der Waals surface area contributed by atoms with Crippen LogP contribution in [0.5, 0.6) is 5.75 Å². The number of nitrogens with zero attached hydrogens (tertiary/aromatic N) is 1. The second-order valence-electron chi connectivity index (χ2n) is 2.84. The summed E-state index contributed by atoms with van der Waals surface area (Å²) in [6, 6.07) is 2.40. The van der Waals surface area contributed by atoms with Gasteiger partial charge in [-0.25, -0.2) is 4.98 Å². The monoisotopic (exact) mass is 232 g/mol. The SMILES string of the molecule is NC(=O)C(O)C(O)c1ccc(O)c(Cl)n1. The number of carbonyl (C=O) groups is 1. The molecule has 15 heavy (non-hydrogen) atoms. The molecule has 0 aromatic carbocycles. The van der Waals surface area contributed by atoms with Crippen molar-refractivity contribution in [1.82, 2.24) is 4.98 Å². The summed E-state index contributed by atoms with van der Waals surface area (Å²) in [5.74, 6) is -1.34. The van der Waals surface area contributed by atoms with Gasteiger partial charge in [0.1, 0.15) is 6.10 Å². The van der Waals surface area contributed by atoms with Crippen LogP contribution in [0.25, 0.3) is 0 Å². The third kappa shape index (κ3) is 2.56. The maximum Gasteiger partial charge on any atom is 0.249 e. The van der Waals surface area contributed by atoms with Crippen molar-refractivity contribution in [3.8, 4) is 5.75 Å². The van der Waals surface area contributed by atoms with Crippen LogP contribution in [0.2, 0.25) is 5.15 Å². The van der Waals surface area contributed by atoms with Crippen LogP contribution >= 0.6 is 11.6 Å². The molecule has 1 aromatic heterocycles. The number of amides is 1. The highest BCUT2D eigenvalue weighted by Gasteiger charge is 2.25. The van der Waals surface area contributed by atoms with E-state index in [1.165, 1.54) is 12.1 Å². The van der Waals surface area contributed by atoms with Crippen molar-refractivity contribution in [2.24, 2.45) is 5.73 Å². The van der Waals surface area contributed by atoms with Crippen molar-refractivity contribution in [2.45, 2.75) is 12.2 Å². The maximum absolute atomic E-state index is 10.6. The lowest BCUT2D eigenvalue weighted by molar-refractivity contribution is -0.132. The van der Waals surface area contributed by atoms with Crippen LogP contribution in [0.15, 0.2) is 12.1 Å². The fourth-order valence-electron chi connectivity index (χ4n) is 0.923. The largest absolute Gasteiger partial charge is 0.505 e. The van der Waals surface area contributed by atoms with E-state index in [1.807, 2.05) is 0 Å². The zero-order chi connectivity index (χ0) is 11.6. The van der Waals surface area contributed by atoms with Crippen LogP contribution in [-0.2, 0) is 4.79 Å². The second kappa shape index (κ2) is 4.43. The molecule has 0 aliphatic carbocycles. The summed E-state index contributed by atoms with van der Waals surface area (Å²) in [7, 11) is 0. The zero-order valence-corrected chi connectivity index (χ0v) is 8.22. The summed E-state index contributed by atoms with van der Waals surface area (Å²) >= 11 is 5.47. The predicted molar refractivity (Wildman–Crippen MR) is 51.1 cm³/mol. The number of nitrogens with two attached hydrogens (primary N) is 1. The standard InChI is InChI=1S/C8H9ClN2O4/c9-7-4(12)2-1-3(11-7)5(13)6(14)8(10)15/h1-2,5-6,12-14H,(H2,10,15). The fraction of sp³-hybridized carbons (Fsp3) is 0.250. The summed E-state index contributed by atoms with van der Waals surface area (Å²) in [6.45, 7) is 0. The second-order valence-corrected chi connectivity index (χ2v) is 3.20. The van der Waals surface area contributed by atoms with Crippen LogP contribution in [0, 0.1) is 0 Å². The molecule has 0 bridgehead atoms. The van der Waals surface area contributed by atoms with Gasteiger partial charge in [0.15, 0.2) is 17.0 Å². The number of aliphatic hydroxyl groups excluding tert-OH is 2. The first-order chi connectivity index (χ1) is 6.93. The number of primary amides is 1. The molecule has 0 aliphatic rings. The lowest BCUT2D eigenvalue weighted by Crippen LogP contribution is -2.34. The molecule has 1 aromatic rings. The van der Waals surface area contributed by atoms with E-state index in [9.17, 15) is 9.90 Å². The van der Waals surface area contributed by atoms with E-state index in [1.54, 1.807) is 0 Å². The Bertz CT molecular complexity index is 385. The molecule has 5 N–H and O–H groups in total. The van der Waals surface area contributed by atoms with E-state index in [-0.39, 0.29) is 16.6 Å². The van der Waals surface area contributed by atoms with Gasteiger partial charge >= 0.3 is 0 Å². The molecule has 2 atom stereocenters. The quantitative estimate of drug-likeness (QED) is 0.515. The number of hydrogen-bond donors (Lipinski definition) is 4. The van der Waals surface area contributed by atoms with Crippen LogP contribution in [-0.4, -0.2) is 32.3 Å². The molecule has 0 spiro atoms. The summed E-state index contributed by atoms with van der Waals surface area (Å²) in [6.07, 6.45) is -3.33. The highest BCUT2D eigenvalue weighted by Crippen LogP contribution is 2.23.